The van der Waals surface area contributed by atoms with Gasteiger partial charge in [0.25, 0.3) is 0 Å². The average Bonchev–Trinajstić information content (AvgIpc) is 2.51. The molecule has 116 valence electrons. The van der Waals surface area contributed by atoms with Gasteiger partial charge in [-0.3, -0.25) is 4.79 Å². The zero-order valence-corrected chi connectivity index (χ0v) is 14.8. The second-order valence-electron chi connectivity index (χ2n) is 5.12. The smallest absolute Gasteiger partial charge is 0.225 e. The zero-order valence-electron chi connectivity index (χ0n) is 13.2. The SMILES string of the molecule is CSc1ccccc1NC(=O)CCSc1cc(C)ccc1C. The summed E-state index contributed by atoms with van der Waals surface area (Å²) >= 11 is 3.39. The maximum atomic E-state index is 12.1. The molecule has 0 radical (unpaired) electrons. The maximum Gasteiger partial charge on any atom is 0.225 e. The van der Waals surface area contributed by atoms with Crippen molar-refractivity contribution in [3.05, 3.63) is 53.6 Å². The van der Waals surface area contributed by atoms with Crippen LogP contribution < -0.4 is 5.32 Å². The number of anilines is 1. The molecule has 0 unspecified atom stereocenters. The third-order valence-electron chi connectivity index (χ3n) is 3.31. The van der Waals surface area contributed by atoms with E-state index in [0.29, 0.717) is 6.42 Å². The summed E-state index contributed by atoms with van der Waals surface area (Å²) in [6.45, 7) is 4.20. The minimum Gasteiger partial charge on any atom is -0.325 e. The van der Waals surface area contributed by atoms with Crippen LogP contribution in [0.15, 0.2) is 52.3 Å². The first-order valence-electron chi connectivity index (χ1n) is 7.23. The van der Waals surface area contributed by atoms with E-state index in [2.05, 4.69) is 37.4 Å². The van der Waals surface area contributed by atoms with Crippen LogP contribution in [0, 0.1) is 13.8 Å². The Hall–Kier alpha value is -1.39. The lowest BCUT2D eigenvalue weighted by molar-refractivity contribution is -0.115. The van der Waals surface area contributed by atoms with Crippen LogP contribution >= 0.6 is 23.5 Å². The highest BCUT2D eigenvalue weighted by Crippen LogP contribution is 2.26. The predicted molar refractivity (Wildman–Crippen MR) is 98.1 cm³/mol. The number of amides is 1. The first-order chi connectivity index (χ1) is 10.6. The van der Waals surface area contributed by atoms with Crippen LogP contribution in [0.3, 0.4) is 0 Å². The van der Waals surface area contributed by atoms with Gasteiger partial charge in [0.15, 0.2) is 0 Å². The molecule has 0 aliphatic carbocycles. The van der Waals surface area contributed by atoms with E-state index in [-0.39, 0.29) is 5.91 Å². The monoisotopic (exact) mass is 331 g/mol. The van der Waals surface area contributed by atoms with Crippen LogP contribution in [0.2, 0.25) is 0 Å². The van der Waals surface area contributed by atoms with Crippen LogP contribution in [0.4, 0.5) is 5.69 Å². The quantitative estimate of drug-likeness (QED) is 0.743. The second kappa shape index (κ2) is 8.30. The van der Waals surface area contributed by atoms with Crippen LogP contribution in [0.1, 0.15) is 17.5 Å². The van der Waals surface area contributed by atoms with Gasteiger partial charge < -0.3 is 5.32 Å². The van der Waals surface area contributed by atoms with Gasteiger partial charge in [0, 0.05) is 22.0 Å². The number of aryl methyl sites for hydroxylation is 2. The van der Waals surface area contributed by atoms with Crippen LogP contribution in [-0.2, 0) is 4.79 Å². The van der Waals surface area contributed by atoms with Crippen molar-refractivity contribution in [1.29, 1.82) is 0 Å². The van der Waals surface area contributed by atoms with E-state index in [1.54, 1.807) is 23.5 Å². The molecule has 1 N–H and O–H groups in total. The minimum atomic E-state index is 0.0688. The van der Waals surface area contributed by atoms with Crippen LogP contribution in [0.25, 0.3) is 0 Å². The minimum absolute atomic E-state index is 0.0688. The van der Waals surface area contributed by atoms with E-state index in [4.69, 9.17) is 0 Å². The Labute approximate surface area is 141 Å². The van der Waals surface area contributed by atoms with Gasteiger partial charge in [-0.2, -0.15) is 0 Å². The first kappa shape index (κ1) is 17.0. The molecule has 2 rings (SSSR count). The molecule has 0 atom stereocenters. The molecule has 0 aromatic heterocycles. The molecule has 22 heavy (non-hydrogen) atoms. The molecule has 0 fully saturated rings. The normalized spacial score (nSPS) is 10.5. The summed E-state index contributed by atoms with van der Waals surface area (Å²) in [5.74, 6) is 0.858. The van der Waals surface area contributed by atoms with Crippen molar-refractivity contribution in [2.24, 2.45) is 0 Å². The molecule has 2 aromatic rings. The number of hydrogen-bond donors (Lipinski definition) is 1. The van der Waals surface area contributed by atoms with Crippen molar-refractivity contribution in [1.82, 2.24) is 0 Å². The summed E-state index contributed by atoms with van der Waals surface area (Å²) in [4.78, 5) is 14.4. The molecule has 2 aromatic carbocycles. The number of thioether (sulfide) groups is 2. The average molecular weight is 332 g/mol. The fraction of sp³-hybridized carbons (Fsp3) is 0.278. The van der Waals surface area contributed by atoms with E-state index in [0.717, 1.165) is 16.3 Å². The summed E-state index contributed by atoms with van der Waals surface area (Å²) in [6, 6.07) is 14.3. The van der Waals surface area contributed by atoms with Crippen molar-refractivity contribution < 1.29 is 4.79 Å². The van der Waals surface area contributed by atoms with Crippen LogP contribution in [-0.4, -0.2) is 17.9 Å². The molecular formula is C18H21NOS2. The molecule has 4 heteroatoms. The molecular weight excluding hydrogens is 310 g/mol. The fourth-order valence-electron chi connectivity index (χ4n) is 2.08. The fourth-order valence-corrected chi connectivity index (χ4v) is 3.70. The third-order valence-corrected chi connectivity index (χ3v) is 5.27. The van der Waals surface area contributed by atoms with Gasteiger partial charge in [-0.05, 0) is 43.9 Å². The Morgan fingerprint density at radius 3 is 2.64 bits per heavy atom. The molecule has 1 amide bonds. The van der Waals surface area contributed by atoms with Gasteiger partial charge in [-0.1, -0.05) is 29.8 Å². The Kier molecular flexibility index (Phi) is 6.40. The summed E-state index contributed by atoms with van der Waals surface area (Å²) in [6.07, 6.45) is 2.53. The van der Waals surface area contributed by atoms with Crippen molar-refractivity contribution in [2.45, 2.75) is 30.1 Å². The van der Waals surface area contributed by atoms with Gasteiger partial charge in [0.05, 0.1) is 5.69 Å². The Morgan fingerprint density at radius 2 is 1.86 bits per heavy atom. The van der Waals surface area contributed by atoms with Gasteiger partial charge in [0.1, 0.15) is 0 Å². The largest absolute Gasteiger partial charge is 0.325 e. The zero-order chi connectivity index (χ0) is 15.9. The molecule has 0 saturated heterocycles. The molecule has 0 heterocycles. The summed E-state index contributed by atoms with van der Waals surface area (Å²) in [5, 5.41) is 3.00. The van der Waals surface area contributed by atoms with Crippen LogP contribution in [0.5, 0.6) is 0 Å². The maximum absolute atomic E-state index is 12.1. The van der Waals surface area contributed by atoms with Gasteiger partial charge in [-0.25, -0.2) is 0 Å². The van der Waals surface area contributed by atoms with Gasteiger partial charge >= 0.3 is 0 Å². The molecule has 0 saturated carbocycles. The molecule has 2 nitrogen and oxygen atoms in total. The first-order valence-corrected chi connectivity index (χ1v) is 9.44. The second-order valence-corrected chi connectivity index (χ2v) is 7.10. The molecule has 0 spiro atoms. The Morgan fingerprint density at radius 1 is 1.09 bits per heavy atom. The number of para-hydroxylation sites is 1. The molecule has 0 bridgehead atoms. The number of carbonyl (C=O) groups excluding carboxylic acids is 1. The standard InChI is InChI=1S/C18H21NOS2/c1-13-8-9-14(2)17(12-13)22-11-10-18(20)19-15-6-4-5-7-16(15)21-3/h4-9,12H,10-11H2,1-3H3,(H,19,20). The highest BCUT2D eigenvalue weighted by Gasteiger charge is 2.07. The Bertz CT molecular complexity index is 655. The number of rotatable bonds is 6. The van der Waals surface area contributed by atoms with E-state index in [9.17, 15) is 4.79 Å². The number of benzene rings is 2. The van der Waals surface area contributed by atoms with Gasteiger partial charge in [-0.15, -0.1) is 23.5 Å². The lowest BCUT2D eigenvalue weighted by Crippen LogP contribution is -2.12. The third kappa shape index (κ3) is 4.82. The predicted octanol–water partition coefficient (Wildman–Crippen LogP) is 5.15. The lowest BCUT2D eigenvalue weighted by Gasteiger charge is -2.10. The molecule has 0 aliphatic rings. The van der Waals surface area contributed by atoms with E-state index in [1.807, 2.05) is 30.5 Å². The van der Waals surface area contributed by atoms with Crippen molar-refractivity contribution >= 4 is 35.1 Å². The highest BCUT2D eigenvalue weighted by atomic mass is 32.2. The van der Waals surface area contributed by atoms with Crippen molar-refractivity contribution in [3.63, 3.8) is 0 Å². The van der Waals surface area contributed by atoms with Crippen molar-refractivity contribution in [3.8, 4) is 0 Å². The summed E-state index contributed by atoms with van der Waals surface area (Å²) in [7, 11) is 0. The Balaban J connectivity index is 1.87. The summed E-state index contributed by atoms with van der Waals surface area (Å²) < 4.78 is 0. The number of nitrogens with one attached hydrogen (secondary N) is 1. The molecule has 0 aliphatic heterocycles. The van der Waals surface area contributed by atoms with E-state index >= 15 is 0 Å². The van der Waals surface area contributed by atoms with Crippen molar-refractivity contribution in [2.75, 3.05) is 17.3 Å². The topological polar surface area (TPSA) is 29.1 Å². The van der Waals surface area contributed by atoms with E-state index in [1.165, 1.54) is 16.0 Å². The van der Waals surface area contributed by atoms with Gasteiger partial charge in [0.2, 0.25) is 5.91 Å². The highest BCUT2D eigenvalue weighted by molar-refractivity contribution is 7.99. The lowest BCUT2D eigenvalue weighted by atomic mass is 10.2. The van der Waals surface area contributed by atoms with E-state index < -0.39 is 0 Å². The number of hydrogen-bond acceptors (Lipinski definition) is 3. The number of carbonyl (C=O) groups is 1. The summed E-state index contributed by atoms with van der Waals surface area (Å²) in [5.41, 5.74) is 3.42.